The van der Waals surface area contributed by atoms with Crippen molar-refractivity contribution < 1.29 is 8.81 Å². The predicted molar refractivity (Wildman–Crippen MR) is 53.5 cm³/mol. The molecule has 2 N–H and O–H groups in total. The molecular weight excluding hydrogens is 181 g/mol. The van der Waals surface area contributed by atoms with Crippen molar-refractivity contribution in [1.29, 1.82) is 0 Å². The van der Waals surface area contributed by atoms with E-state index in [4.69, 9.17) is 10.2 Å². The van der Waals surface area contributed by atoms with Gasteiger partial charge in [-0.2, -0.15) is 0 Å². The number of rotatable bonds is 2. The Kier molecular flexibility index (Phi) is 2.25. The number of furan rings is 1. The maximum atomic E-state index is 13.2. The van der Waals surface area contributed by atoms with Crippen LogP contribution in [0.2, 0.25) is 0 Å². The summed E-state index contributed by atoms with van der Waals surface area (Å²) in [5.74, 6) is 0.488. The highest BCUT2D eigenvalue weighted by Gasteiger charge is 2.08. The van der Waals surface area contributed by atoms with Gasteiger partial charge in [0.05, 0.1) is 5.39 Å². The molecule has 0 bridgehead atoms. The van der Waals surface area contributed by atoms with Crippen LogP contribution in [0.5, 0.6) is 0 Å². The first-order valence-electron chi connectivity index (χ1n) is 4.59. The zero-order valence-electron chi connectivity index (χ0n) is 7.96. The maximum absolute atomic E-state index is 13.2. The van der Waals surface area contributed by atoms with Crippen LogP contribution in [0.3, 0.4) is 0 Å². The van der Waals surface area contributed by atoms with Crippen LogP contribution in [0.15, 0.2) is 28.7 Å². The van der Waals surface area contributed by atoms with Crippen molar-refractivity contribution in [3.8, 4) is 0 Å². The molecule has 0 amide bonds. The summed E-state index contributed by atoms with van der Waals surface area (Å²) in [5, 5.41) is 0.531. The van der Waals surface area contributed by atoms with E-state index in [1.807, 2.05) is 6.92 Å². The lowest BCUT2D eigenvalue weighted by atomic mass is 10.2. The van der Waals surface area contributed by atoms with Crippen LogP contribution in [0.25, 0.3) is 11.0 Å². The first-order chi connectivity index (χ1) is 6.66. The normalized spacial score (nSPS) is 13.4. The fourth-order valence-corrected chi connectivity index (χ4v) is 1.50. The molecule has 14 heavy (non-hydrogen) atoms. The Balaban J connectivity index is 2.46. The molecule has 0 aliphatic rings. The second-order valence-corrected chi connectivity index (χ2v) is 3.55. The van der Waals surface area contributed by atoms with E-state index >= 15 is 0 Å². The molecule has 0 aliphatic heterocycles. The molecule has 0 spiro atoms. The molecule has 0 saturated heterocycles. The summed E-state index contributed by atoms with van der Waals surface area (Å²) in [6.45, 7) is 1.89. The monoisotopic (exact) mass is 193 g/mol. The number of fused-ring (bicyclic) bond motifs is 1. The van der Waals surface area contributed by atoms with Crippen LogP contribution in [-0.2, 0) is 6.42 Å². The van der Waals surface area contributed by atoms with E-state index in [0.29, 0.717) is 17.4 Å². The van der Waals surface area contributed by atoms with Gasteiger partial charge in [0.15, 0.2) is 0 Å². The van der Waals surface area contributed by atoms with E-state index in [-0.39, 0.29) is 11.9 Å². The second kappa shape index (κ2) is 3.42. The topological polar surface area (TPSA) is 39.2 Å². The smallest absolute Gasteiger partial charge is 0.137 e. The molecule has 0 radical (unpaired) electrons. The number of nitrogens with two attached hydrogens (primary N) is 1. The van der Waals surface area contributed by atoms with Crippen molar-refractivity contribution in [3.05, 3.63) is 35.8 Å². The van der Waals surface area contributed by atoms with Gasteiger partial charge in [-0.15, -0.1) is 0 Å². The van der Waals surface area contributed by atoms with Crippen molar-refractivity contribution in [2.75, 3.05) is 0 Å². The lowest BCUT2D eigenvalue weighted by Crippen LogP contribution is -2.17. The molecule has 3 heteroatoms. The minimum atomic E-state index is -0.248. The summed E-state index contributed by atoms with van der Waals surface area (Å²) in [4.78, 5) is 0. The highest BCUT2D eigenvalue weighted by Crippen LogP contribution is 2.22. The molecule has 0 saturated carbocycles. The molecule has 2 nitrogen and oxygen atoms in total. The molecule has 0 aliphatic carbocycles. The zero-order chi connectivity index (χ0) is 10.1. The first kappa shape index (κ1) is 9.21. The first-order valence-corrected chi connectivity index (χ1v) is 4.59. The van der Waals surface area contributed by atoms with Crippen LogP contribution in [0.4, 0.5) is 4.39 Å². The summed E-state index contributed by atoms with van der Waals surface area (Å²) >= 11 is 0. The van der Waals surface area contributed by atoms with Crippen molar-refractivity contribution in [3.63, 3.8) is 0 Å². The Bertz CT molecular complexity index is 447. The Morgan fingerprint density at radius 3 is 2.93 bits per heavy atom. The molecule has 1 aromatic carbocycles. The van der Waals surface area contributed by atoms with Gasteiger partial charge in [-0.3, -0.25) is 0 Å². The van der Waals surface area contributed by atoms with Crippen LogP contribution in [0, 0.1) is 5.82 Å². The SMILES string of the molecule is CC(N)Cc1cc2c(F)cccc2o1. The molecule has 1 heterocycles. The van der Waals surface area contributed by atoms with E-state index in [1.165, 1.54) is 6.07 Å². The third-order valence-corrected chi connectivity index (χ3v) is 2.08. The highest BCUT2D eigenvalue weighted by atomic mass is 19.1. The Morgan fingerprint density at radius 2 is 2.29 bits per heavy atom. The molecular formula is C11H12FNO. The lowest BCUT2D eigenvalue weighted by molar-refractivity contribution is 0.525. The quantitative estimate of drug-likeness (QED) is 0.795. The summed E-state index contributed by atoms with van der Waals surface area (Å²) < 4.78 is 18.7. The van der Waals surface area contributed by atoms with Gasteiger partial charge < -0.3 is 10.2 Å². The number of halogens is 1. The third-order valence-electron chi connectivity index (χ3n) is 2.08. The predicted octanol–water partition coefficient (Wildman–Crippen LogP) is 2.46. The van der Waals surface area contributed by atoms with Gasteiger partial charge in [0.2, 0.25) is 0 Å². The Morgan fingerprint density at radius 1 is 1.50 bits per heavy atom. The van der Waals surface area contributed by atoms with E-state index in [2.05, 4.69) is 0 Å². The largest absolute Gasteiger partial charge is 0.461 e. The Labute approximate surface area is 81.5 Å². The van der Waals surface area contributed by atoms with Crippen molar-refractivity contribution in [2.45, 2.75) is 19.4 Å². The standard InChI is InChI=1S/C11H12FNO/c1-7(13)5-8-6-9-10(12)3-2-4-11(9)14-8/h2-4,6-7H,5,13H2,1H3. The summed E-state index contributed by atoms with van der Waals surface area (Å²) in [6.07, 6.45) is 0.633. The van der Waals surface area contributed by atoms with E-state index in [0.717, 1.165) is 5.76 Å². The molecule has 1 aromatic heterocycles. The van der Waals surface area contributed by atoms with Gasteiger partial charge >= 0.3 is 0 Å². The highest BCUT2D eigenvalue weighted by molar-refractivity contribution is 5.78. The third kappa shape index (κ3) is 1.63. The van der Waals surface area contributed by atoms with E-state index in [1.54, 1.807) is 18.2 Å². The van der Waals surface area contributed by atoms with Crippen LogP contribution in [0.1, 0.15) is 12.7 Å². The Hall–Kier alpha value is -1.35. The van der Waals surface area contributed by atoms with Crippen molar-refractivity contribution >= 4 is 11.0 Å². The second-order valence-electron chi connectivity index (χ2n) is 3.55. The summed E-state index contributed by atoms with van der Waals surface area (Å²) in [5.41, 5.74) is 6.21. The fourth-order valence-electron chi connectivity index (χ4n) is 1.50. The van der Waals surface area contributed by atoms with Gasteiger partial charge in [0.1, 0.15) is 17.2 Å². The maximum Gasteiger partial charge on any atom is 0.137 e. The molecule has 74 valence electrons. The average molecular weight is 193 g/mol. The fraction of sp³-hybridized carbons (Fsp3) is 0.273. The minimum Gasteiger partial charge on any atom is -0.461 e. The van der Waals surface area contributed by atoms with E-state index in [9.17, 15) is 4.39 Å². The molecule has 2 aromatic rings. The average Bonchev–Trinajstić information content (AvgIpc) is 2.47. The van der Waals surface area contributed by atoms with Gasteiger partial charge in [0.25, 0.3) is 0 Å². The van der Waals surface area contributed by atoms with Gasteiger partial charge in [-0.25, -0.2) is 4.39 Å². The minimum absolute atomic E-state index is 0.0265. The van der Waals surface area contributed by atoms with Gasteiger partial charge in [-0.1, -0.05) is 6.07 Å². The number of hydrogen-bond donors (Lipinski definition) is 1. The van der Waals surface area contributed by atoms with Crippen molar-refractivity contribution in [1.82, 2.24) is 0 Å². The molecule has 0 fully saturated rings. The van der Waals surface area contributed by atoms with Crippen molar-refractivity contribution in [2.24, 2.45) is 5.73 Å². The molecule has 1 atom stereocenters. The zero-order valence-corrected chi connectivity index (χ0v) is 7.96. The molecule has 1 unspecified atom stereocenters. The van der Waals surface area contributed by atoms with Crippen LogP contribution >= 0.6 is 0 Å². The van der Waals surface area contributed by atoms with E-state index < -0.39 is 0 Å². The molecule has 2 rings (SSSR count). The number of benzene rings is 1. The number of hydrogen-bond acceptors (Lipinski definition) is 2. The summed E-state index contributed by atoms with van der Waals surface area (Å²) in [7, 11) is 0. The van der Waals surface area contributed by atoms with Crippen LogP contribution < -0.4 is 5.73 Å². The van der Waals surface area contributed by atoms with Crippen LogP contribution in [-0.4, -0.2) is 6.04 Å². The lowest BCUT2D eigenvalue weighted by Gasteiger charge is -1.98. The summed E-state index contributed by atoms with van der Waals surface area (Å²) in [6, 6.07) is 6.56. The van der Waals surface area contributed by atoms with Gasteiger partial charge in [0, 0.05) is 12.5 Å². The van der Waals surface area contributed by atoms with Gasteiger partial charge in [-0.05, 0) is 25.1 Å².